The summed E-state index contributed by atoms with van der Waals surface area (Å²) in [6.07, 6.45) is 2.56. The van der Waals surface area contributed by atoms with E-state index in [1.807, 2.05) is 66.4 Å². The van der Waals surface area contributed by atoms with Crippen LogP contribution >= 0.6 is 0 Å². The maximum absolute atomic E-state index is 13.1. The van der Waals surface area contributed by atoms with Crippen molar-refractivity contribution in [1.29, 1.82) is 0 Å². The molecule has 142 valence electrons. The van der Waals surface area contributed by atoms with Crippen LogP contribution in [0.15, 0.2) is 54.6 Å². The lowest BCUT2D eigenvalue weighted by Gasteiger charge is -2.17. The predicted octanol–water partition coefficient (Wildman–Crippen LogP) is 4.49. The Labute approximate surface area is 164 Å². The maximum Gasteiger partial charge on any atom is 0.254 e. The van der Waals surface area contributed by atoms with Crippen molar-refractivity contribution in [3.05, 3.63) is 60.2 Å². The third-order valence-electron chi connectivity index (χ3n) is 5.13. The highest BCUT2D eigenvalue weighted by molar-refractivity contribution is 6.07. The van der Waals surface area contributed by atoms with Gasteiger partial charge in [0, 0.05) is 36.1 Å². The van der Waals surface area contributed by atoms with Crippen LogP contribution in [0.3, 0.4) is 0 Å². The lowest BCUT2D eigenvalue weighted by molar-refractivity contribution is -0.115. The van der Waals surface area contributed by atoms with Crippen LogP contribution in [0.25, 0.3) is 22.2 Å². The van der Waals surface area contributed by atoms with E-state index in [9.17, 15) is 9.59 Å². The minimum absolute atomic E-state index is 0.0184. The van der Waals surface area contributed by atoms with Gasteiger partial charge in [0.1, 0.15) is 0 Å². The number of aromatic nitrogens is 1. The van der Waals surface area contributed by atoms with Crippen LogP contribution in [-0.2, 0) is 4.79 Å². The minimum Gasteiger partial charge on any atom is -0.339 e. The van der Waals surface area contributed by atoms with Gasteiger partial charge in [0.25, 0.3) is 5.91 Å². The Morgan fingerprint density at radius 2 is 1.75 bits per heavy atom. The van der Waals surface area contributed by atoms with Gasteiger partial charge in [-0.05, 0) is 37.1 Å². The number of para-hydroxylation sites is 1. The highest BCUT2D eigenvalue weighted by Crippen LogP contribution is 2.27. The normalized spacial score (nSPS) is 13.7. The Balaban J connectivity index is 1.73. The number of nitrogens with one attached hydrogen (secondary N) is 1. The Kier molecular flexibility index (Phi) is 5.06. The fourth-order valence-electron chi connectivity index (χ4n) is 3.56. The van der Waals surface area contributed by atoms with Gasteiger partial charge in [0.15, 0.2) is 0 Å². The number of benzene rings is 2. The highest BCUT2D eigenvalue weighted by atomic mass is 16.2. The van der Waals surface area contributed by atoms with Crippen LogP contribution in [0.2, 0.25) is 0 Å². The Bertz CT molecular complexity index is 1020. The molecule has 0 unspecified atom stereocenters. The zero-order chi connectivity index (χ0) is 19.5. The van der Waals surface area contributed by atoms with Gasteiger partial charge < -0.3 is 10.2 Å². The standard InChI is InChI=1S/C23H23N3O2/c1-2-22(27)24-17-11-9-16(10-12-17)21-15-19(23(28)26-13-5-6-14-26)18-7-3-4-8-20(18)25-21/h3-4,7-12,15H,2,5-6,13-14H2,1H3,(H,24,27). The molecule has 28 heavy (non-hydrogen) atoms. The van der Waals surface area contributed by atoms with Gasteiger partial charge in [-0.2, -0.15) is 0 Å². The molecule has 0 atom stereocenters. The fourth-order valence-corrected chi connectivity index (χ4v) is 3.56. The summed E-state index contributed by atoms with van der Waals surface area (Å²) in [5.41, 5.74) is 3.94. The second kappa shape index (κ2) is 7.80. The van der Waals surface area contributed by atoms with E-state index < -0.39 is 0 Å². The number of hydrogen-bond donors (Lipinski definition) is 1. The monoisotopic (exact) mass is 373 g/mol. The molecule has 3 aromatic rings. The molecule has 2 aromatic carbocycles. The molecule has 0 saturated carbocycles. The molecule has 0 bridgehead atoms. The maximum atomic E-state index is 13.1. The first-order valence-electron chi connectivity index (χ1n) is 9.75. The first-order valence-corrected chi connectivity index (χ1v) is 9.75. The summed E-state index contributed by atoms with van der Waals surface area (Å²) in [5, 5.41) is 3.73. The second-order valence-electron chi connectivity index (χ2n) is 7.05. The average molecular weight is 373 g/mol. The van der Waals surface area contributed by atoms with Crippen LogP contribution in [0.1, 0.15) is 36.5 Å². The molecule has 1 aliphatic rings. The van der Waals surface area contributed by atoms with Gasteiger partial charge in [-0.1, -0.05) is 37.3 Å². The van der Waals surface area contributed by atoms with Gasteiger partial charge in [-0.25, -0.2) is 4.98 Å². The molecule has 5 heteroatoms. The topological polar surface area (TPSA) is 62.3 Å². The molecule has 0 spiro atoms. The number of nitrogens with zero attached hydrogens (tertiary/aromatic N) is 2. The molecular formula is C23H23N3O2. The smallest absolute Gasteiger partial charge is 0.254 e. The van der Waals surface area contributed by atoms with Gasteiger partial charge in [-0.15, -0.1) is 0 Å². The number of rotatable bonds is 4. The lowest BCUT2D eigenvalue weighted by Crippen LogP contribution is -2.27. The summed E-state index contributed by atoms with van der Waals surface area (Å²) in [6, 6.07) is 17.2. The second-order valence-corrected chi connectivity index (χ2v) is 7.05. The fraction of sp³-hybridized carbons (Fsp3) is 0.261. The van der Waals surface area contributed by atoms with Crippen molar-refractivity contribution in [3.8, 4) is 11.3 Å². The molecule has 5 nitrogen and oxygen atoms in total. The van der Waals surface area contributed by atoms with E-state index in [0.29, 0.717) is 12.0 Å². The molecule has 4 rings (SSSR count). The molecule has 1 aliphatic heterocycles. The van der Waals surface area contributed by atoms with Crippen molar-refractivity contribution >= 4 is 28.4 Å². The highest BCUT2D eigenvalue weighted by Gasteiger charge is 2.22. The molecule has 2 amide bonds. The number of pyridine rings is 1. The van der Waals surface area contributed by atoms with Crippen molar-refractivity contribution in [1.82, 2.24) is 9.88 Å². The predicted molar refractivity (Wildman–Crippen MR) is 111 cm³/mol. The van der Waals surface area contributed by atoms with Crippen molar-refractivity contribution in [2.75, 3.05) is 18.4 Å². The summed E-state index contributed by atoms with van der Waals surface area (Å²) >= 11 is 0. The quantitative estimate of drug-likeness (QED) is 0.733. The summed E-state index contributed by atoms with van der Waals surface area (Å²) < 4.78 is 0. The number of amides is 2. The van der Waals surface area contributed by atoms with E-state index in [0.717, 1.165) is 53.8 Å². The molecule has 2 heterocycles. The number of carbonyl (C=O) groups is 2. The molecular weight excluding hydrogens is 350 g/mol. The number of anilines is 1. The third-order valence-corrected chi connectivity index (χ3v) is 5.13. The van der Waals surface area contributed by atoms with Gasteiger partial charge in [0.05, 0.1) is 16.8 Å². The molecule has 1 saturated heterocycles. The third kappa shape index (κ3) is 3.60. The van der Waals surface area contributed by atoms with Crippen LogP contribution < -0.4 is 5.32 Å². The van der Waals surface area contributed by atoms with Crippen LogP contribution in [0, 0.1) is 0 Å². The zero-order valence-corrected chi connectivity index (χ0v) is 15.9. The summed E-state index contributed by atoms with van der Waals surface area (Å²) in [5.74, 6) is 0.0549. The molecule has 1 fully saturated rings. The van der Waals surface area contributed by atoms with Gasteiger partial charge in [0.2, 0.25) is 5.91 Å². The Morgan fingerprint density at radius 1 is 1.04 bits per heavy atom. The number of carbonyl (C=O) groups excluding carboxylic acids is 2. The van der Waals surface area contributed by atoms with E-state index in [1.165, 1.54) is 0 Å². The van der Waals surface area contributed by atoms with Gasteiger partial charge >= 0.3 is 0 Å². The van der Waals surface area contributed by atoms with Crippen LogP contribution in [0.5, 0.6) is 0 Å². The van der Waals surface area contributed by atoms with Crippen molar-refractivity contribution < 1.29 is 9.59 Å². The van der Waals surface area contributed by atoms with E-state index in [-0.39, 0.29) is 11.8 Å². The summed E-state index contributed by atoms with van der Waals surface area (Å²) in [4.78, 5) is 31.4. The molecule has 0 radical (unpaired) electrons. The van der Waals surface area contributed by atoms with Crippen molar-refractivity contribution in [3.63, 3.8) is 0 Å². The van der Waals surface area contributed by atoms with E-state index >= 15 is 0 Å². The first-order chi connectivity index (χ1) is 13.7. The average Bonchev–Trinajstić information content (AvgIpc) is 3.28. The largest absolute Gasteiger partial charge is 0.339 e. The molecule has 1 aromatic heterocycles. The number of fused-ring (bicyclic) bond motifs is 1. The zero-order valence-electron chi connectivity index (χ0n) is 15.9. The number of likely N-dealkylation sites (tertiary alicyclic amines) is 1. The van der Waals surface area contributed by atoms with Crippen molar-refractivity contribution in [2.45, 2.75) is 26.2 Å². The summed E-state index contributed by atoms with van der Waals surface area (Å²) in [6.45, 7) is 3.45. The number of hydrogen-bond acceptors (Lipinski definition) is 3. The van der Waals surface area contributed by atoms with E-state index in [2.05, 4.69) is 5.32 Å². The van der Waals surface area contributed by atoms with E-state index in [4.69, 9.17) is 4.98 Å². The van der Waals surface area contributed by atoms with E-state index in [1.54, 1.807) is 0 Å². The van der Waals surface area contributed by atoms with Crippen LogP contribution in [-0.4, -0.2) is 34.8 Å². The lowest BCUT2D eigenvalue weighted by atomic mass is 10.0. The minimum atomic E-state index is -0.0184. The van der Waals surface area contributed by atoms with Gasteiger partial charge in [-0.3, -0.25) is 9.59 Å². The molecule has 1 N–H and O–H groups in total. The molecule has 0 aliphatic carbocycles. The van der Waals surface area contributed by atoms with Crippen molar-refractivity contribution in [2.24, 2.45) is 0 Å². The Morgan fingerprint density at radius 3 is 2.46 bits per heavy atom. The SMILES string of the molecule is CCC(=O)Nc1ccc(-c2cc(C(=O)N3CCCC3)c3ccccc3n2)cc1. The van der Waals surface area contributed by atoms with Crippen LogP contribution in [0.4, 0.5) is 5.69 Å². The first kappa shape index (κ1) is 18.2. The Hall–Kier alpha value is -3.21. The summed E-state index contributed by atoms with van der Waals surface area (Å²) in [7, 11) is 0.